The maximum absolute atomic E-state index is 11.5. The van der Waals surface area contributed by atoms with Crippen LogP contribution in [0.2, 0.25) is 0 Å². The number of sulfone groups is 1. The predicted molar refractivity (Wildman–Crippen MR) is 99.7 cm³/mol. The van der Waals surface area contributed by atoms with Crippen molar-refractivity contribution in [2.75, 3.05) is 6.26 Å². The molecule has 1 heterocycles. The first-order valence-corrected chi connectivity index (χ1v) is 10.4. The molecule has 134 valence electrons. The van der Waals surface area contributed by atoms with Crippen molar-refractivity contribution in [1.82, 2.24) is 5.32 Å². The highest BCUT2D eigenvalue weighted by Crippen LogP contribution is 2.35. The molecule has 0 radical (unpaired) electrons. The van der Waals surface area contributed by atoms with Gasteiger partial charge < -0.3 is 10.1 Å². The predicted octanol–water partition coefficient (Wildman–Crippen LogP) is 3.65. The third-order valence-corrected chi connectivity index (χ3v) is 5.68. The van der Waals surface area contributed by atoms with E-state index in [9.17, 15) is 8.42 Å². The fraction of sp³-hybridized carbons (Fsp3) is 0.400. The second-order valence-corrected chi connectivity index (χ2v) is 9.44. The first-order valence-electron chi connectivity index (χ1n) is 8.48. The SMILES string of the molecule is CC(NCc1ccc2c(c1)CC(C)(C)O2)c1ccc(S(C)(=O)=O)cc1. The molecular weight excluding hydrogens is 334 g/mol. The molecule has 0 saturated heterocycles. The van der Waals surface area contributed by atoms with E-state index < -0.39 is 9.84 Å². The van der Waals surface area contributed by atoms with Crippen LogP contribution in [0, 0.1) is 0 Å². The van der Waals surface area contributed by atoms with E-state index in [-0.39, 0.29) is 11.6 Å². The van der Waals surface area contributed by atoms with Gasteiger partial charge >= 0.3 is 0 Å². The molecule has 1 aliphatic heterocycles. The Morgan fingerprint density at radius 3 is 2.48 bits per heavy atom. The lowest BCUT2D eigenvalue weighted by atomic mass is 10.00. The minimum atomic E-state index is -3.15. The molecule has 0 saturated carbocycles. The summed E-state index contributed by atoms with van der Waals surface area (Å²) >= 11 is 0. The van der Waals surface area contributed by atoms with Gasteiger partial charge in [-0.15, -0.1) is 0 Å². The second-order valence-electron chi connectivity index (χ2n) is 7.42. The monoisotopic (exact) mass is 359 g/mol. The molecule has 1 N–H and O–H groups in total. The topological polar surface area (TPSA) is 55.4 Å². The highest BCUT2D eigenvalue weighted by Gasteiger charge is 2.29. The summed E-state index contributed by atoms with van der Waals surface area (Å²) in [5.74, 6) is 0.984. The maximum Gasteiger partial charge on any atom is 0.175 e. The first kappa shape index (κ1) is 18.0. The molecule has 2 aromatic carbocycles. The van der Waals surface area contributed by atoms with E-state index in [2.05, 4.69) is 38.2 Å². The minimum Gasteiger partial charge on any atom is -0.487 e. The summed E-state index contributed by atoms with van der Waals surface area (Å²) in [5.41, 5.74) is 3.43. The first-order chi connectivity index (χ1) is 11.6. The molecule has 0 aliphatic carbocycles. The Morgan fingerprint density at radius 1 is 1.16 bits per heavy atom. The van der Waals surface area contributed by atoms with Gasteiger partial charge in [-0.2, -0.15) is 0 Å². The summed E-state index contributed by atoms with van der Waals surface area (Å²) in [6.07, 6.45) is 2.15. The van der Waals surface area contributed by atoms with Crippen LogP contribution in [0.15, 0.2) is 47.4 Å². The Bertz CT molecular complexity index is 870. The van der Waals surface area contributed by atoms with Crippen molar-refractivity contribution < 1.29 is 13.2 Å². The lowest BCUT2D eigenvalue weighted by Gasteiger charge is -2.16. The fourth-order valence-electron chi connectivity index (χ4n) is 3.17. The second kappa shape index (κ2) is 6.46. The normalized spacial score (nSPS) is 17.0. The van der Waals surface area contributed by atoms with Crippen LogP contribution in [0.25, 0.3) is 0 Å². The summed E-state index contributed by atoms with van der Waals surface area (Å²) in [7, 11) is -3.15. The molecule has 0 amide bonds. The van der Waals surface area contributed by atoms with E-state index in [4.69, 9.17) is 4.74 Å². The van der Waals surface area contributed by atoms with Crippen LogP contribution >= 0.6 is 0 Å². The number of nitrogens with one attached hydrogen (secondary N) is 1. The fourth-order valence-corrected chi connectivity index (χ4v) is 3.80. The van der Waals surface area contributed by atoms with Gasteiger partial charge in [0.15, 0.2) is 9.84 Å². The maximum atomic E-state index is 11.5. The average molecular weight is 359 g/mol. The smallest absolute Gasteiger partial charge is 0.175 e. The van der Waals surface area contributed by atoms with E-state index in [1.54, 1.807) is 12.1 Å². The largest absolute Gasteiger partial charge is 0.487 e. The van der Waals surface area contributed by atoms with Gasteiger partial charge in [0.2, 0.25) is 0 Å². The number of rotatable bonds is 5. The molecule has 4 nitrogen and oxygen atoms in total. The number of ether oxygens (including phenoxy) is 1. The highest BCUT2D eigenvalue weighted by atomic mass is 32.2. The quantitative estimate of drug-likeness (QED) is 0.885. The van der Waals surface area contributed by atoms with E-state index in [0.717, 1.165) is 24.3 Å². The van der Waals surface area contributed by atoms with E-state index in [0.29, 0.717) is 4.90 Å². The Balaban J connectivity index is 1.64. The van der Waals surface area contributed by atoms with Crippen molar-refractivity contribution in [3.05, 3.63) is 59.2 Å². The summed E-state index contributed by atoms with van der Waals surface area (Å²) in [6.45, 7) is 7.04. The average Bonchev–Trinajstić information content (AvgIpc) is 2.85. The minimum absolute atomic E-state index is 0.122. The summed E-state index contributed by atoms with van der Waals surface area (Å²) in [4.78, 5) is 0.352. The molecule has 25 heavy (non-hydrogen) atoms. The van der Waals surface area contributed by atoms with E-state index in [1.807, 2.05) is 18.2 Å². The van der Waals surface area contributed by atoms with Gasteiger partial charge in [0, 0.05) is 25.3 Å². The highest BCUT2D eigenvalue weighted by molar-refractivity contribution is 7.90. The molecule has 1 aliphatic rings. The van der Waals surface area contributed by atoms with Crippen LogP contribution in [0.5, 0.6) is 5.75 Å². The van der Waals surface area contributed by atoms with Gasteiger partial charge in [0.25, 0.3) is 0 Å². The van der Waals surface area contributed by atoms with Crippen molar-refractivity contribution in [1.29, 1.82) is 0 Å². The lowest BCUT2D eigenvalue weighted by molar-refractivity contribution is 0.138. The molecular formula is C20H25NO3S. The zero-order valence-electron chi connectivity index (χ0n) is 15.2. The third-order valence-electron chi connectivity index (χ3n) is 4.55. The van der Waals surface area contributed by atoms with Crippen molar-refractivity contribution in [3.8, 4) is 5.75 Å². The Labute approximate surface area is 150 Å². The zero-order chi connectivity index (χ0) is 18.2. The van der Waals surface area contributed by atoms with E-state index >= 15 is 0 Å². The van der Waals surface area contributed by atoms with Gasteiger partial charge in [-0.3, -0.25) is 0 Å². The van der Waals surface area contributed by atoms with Crippen LogP contribution in [0.4, 0.5) is 0 Å². The van der Waals surface area contributed by atoms with Crippen LogP contribution in [0.3, 0.4) is 0 Å². The third kappa shape index (κ3) is 4.22. The molecule has 0 spiro atoms. The van der Waals surface area contributed by atoms with Crippen LogP contribution in [-0.4, -0.2) is 20.3 Å². The van der Waals surface area contributed by atoms with Gasteiger partial charge in [0.1, 0.15) is 11.4 Å². The molecule has 3 rings (SSSR count). The summed E-state index contributed by atoms with van der Waals surface area (Å²) in [5, 5.41) is 3.50. The number of benzene rings is 2. The standard InChI is InChI=1S/C20H25NO3S/c1-14(16-6-8-18(9-7-16)25(4,22)23)21-13-15-5-10-19-17(11-15)12-20(2,3)24-19/h5-11,14,21H,12-13H2,1-4H3. The van der Waals surface area contributed by atoms with Crippen molar-refractivity contribution in [2.45, 2.75) is 50.3 Å². The molecule has 1 atom stereocenters. The van der Waals surface area contributed by atoms with Crippen molar-refractivity contribution in [3.63, 3.8) is 0 Å². The van der Waals surface area contributed by atoms with Crippen LogP contribution < -0.4 is 10.1 Å². The molecule has 0 fully saturated rings. The lowest BCUT2D eigenvalue weighted by Crippen LogP contribution is -2.24. The van der Waals surface area contributed by atoms with Crippen LogP contribution in [0.1, 0.15) is 43.5 Å². The molecule has 5 heteroatoms. The molecule has 0 aromatic heterocycles. The summed E-state index contributed by atoms with van der Waals surface area (Å²) < 4.78 is 29.0. The summed E-state index contributed by atoms with van der Waals surface area (Å²) in [6, 6.07) is 13.5. The molecule has 2 aromatic rings. The Morgan fingerprint density at radius 2 is 1.84 bits per heavy atom. The number of hydrogen-bond donors (Lipinski definition) is 1. The Hall–Kier alpha value is -1.85. The van der Waals surface area contributed by atoms with Gasteiger partial charge in [-0.25, -0.2) is 8.42 Å². The number of hydrogen-bond acceptors (Lipinski definition) is 4. The van der Waals surface area contributed by atoms with Crippen molar-refractivity contribution >= 4 is 9.84 Å². The van der Waals surface area contributed by atoms with Crippen molar-refractivity contribution in [2.24, 2.45) is 0 Å². The molecule has 1 unspecified atom stereocenters. The van der Waals surface area contributed by atoms with E-state index in [1.165, 1.54) is 17.4 Å². The zero-order valence-corrected chi connectivity index (χ0v) is 16.0. The number of fused-ring (bicyclic) bond motifs is 1. The van der Waals surface area contributed by atoms with Gasteiger partial charge in [-0.1, -0.05) is 24.3 Å². The van der Waals surface area contributed by atoms with Gasteiger partial charge in [-0.05, 0) is 55.7 Å². The van der Waals surface area contributed by atoms with Gasteiger partial charge in [0.05, 0.1) is 4.90 Å². The van der Waals surface area contributed by atoms with Crippen LogP contribution in [-0.2, 0) is 22.8 Å². The Kier molecular flexibility index (Phi) is 4.64. The molecule has 0 bridgehead atoms.